The molecule has 2 aromatic rings. The molecule has 0 spiro atoms. The second-order valence-corrected chi connectivity index (χ2v) is 3.70. The first-order valence-electron chi connectivity index (χ1n) is 5.31. The van der Waals surface area contributed by atoms with E-state index >= 15 is 0 Å². The Kier molecular flexibility index (Phi) is 3.40. The number of aliphatic imine (C=N–C) groups is 1. The van der Waals surface area contributed by atoms with Gasteiger partial charge < -0.3 is 10.2 Å². The molecule has 0 atom stereocenters. The zero-order valence-electron chi connectivity index (χ0n) is 9.24. The minimum atomic E-state index is 0.111. The fraction of sp³-hybridized carbons (Fsp3) is 0.0714. The lowest BCUT2D eigenvalue weighted by molar-refractivity contribution is 0.459. The van der Waals surface area contributed by atoms with Crippen LogP contribution in [0.25, 0.3) is 0 Å². The van der Waals surface area contributed by atoms with Crippen LogP contribution in [0.4, 0.5) is 0 Å². The zero-order valence-corrected chi connectivity index (χ0v) is 9.24. The number of benzene rings is 2. The topological polar surface area (TPSA) is 52.8 Å². The molecule has 3 heteroatoms. The second kappa shape index (κ2) is 5.16. The van der Waals surface area contributed by atoms with Crippen LogP contribution in [0.5, 0.6) is 11.5 Å². The lowest BCUT2D eigenvalue weighted by Gasteiger charge is -1.99. The van der Waals surface area contributed by atoms with Crippen molar-refractivity contribution in [2.75, 3.05) is 0 Å². The molecule has 0 radical (unpaired) electrons. The van der Waals surface area contributed by atoms with Crippen LogP contribution < -0.4 is 0 Å². The summed E-state index contributed by atoms with van der Waals surface area (Å²) in [5.74, 6) is 0.226. The van der Waals surface area contributed by atoms with Crippen LogP contribution in [0.1, 0.15) is 11.1 Å². The van der Waals surface area contributed by atoms with E-state index in [1.165, 1.54) is 18.2 Å². The normalized spacial score (nSPS) is 10.8. The maximum Gasteiger partial charge on any atom is 0.124 e. The summed E-state index contributed by atoms with van der Waals surface area (Å²) in [4.78, 5) is 4.22. The summed E-state index contributed by atoms with van der Waals surface area (Å²) in [6.45, 7) is 0.552. The van der Waals surface area contributed by atoms with E-state index in [0.29, 0.717) is 12.1 Å². The number of phenols is 2. The highest BCUT2D eigenvalue weighted by Crippen LogP contribution is 2.20. The maximum atomic E-state index is 9.53. The number of aromatic hydroxyl groups is 2. The van der Waals surface area contributed by atoms with Gasteiger partial charge in [-0.2, -0.15) is 0 Å². The Labute approximate surface area is 99.7 Å². The van der Waals surface area contributed by atoms with Crippen molar-refractivity contribution in [3.8, 4) is 11.5 Å². The summed E-state index contributed by atoms with van der Waals surface area (Å²) in [5, 5.41) is 18.8. The van der Waals surface area contributed by atoms with Crippen molar-refractivity contribution in [3.63, 3.8) is 0 Å². The number of phenolic OH excluding ortho intramolecular Hbond substituents is 2. The Morgan fingerprint density at radius 3 is 2.53 bits per heavy atom. The summed E-state index contributed by atoms with van der Waals surface area (Å²) >= 11 is 0. The monoisotopic (exact) mass is 227 g/mol. The molecule has 2 N–H and O–H groups in total. The van der Waals surface area contributed by atoms with E-state index in [2.05, 4.69) is 4.99 Å². The molecular formula is C14H13NO2. The van der Waals surface area contributed by atoms with Crippen molar-refractivity contribution >= 4 is 6.21 Å². The third-order valence-electron chi connectivity index (χ3n) is 2.36. The molecule has 0 aliphatic rings. The van der Waals surface area contributed by atoms with Crippen LogP contribution >= 0.6 is 0 Å². The first-order valence-corrected chi connectivity index (χ1v) is 5.31. The lowest BCUT2D eigenvalue weighted by atomic mass is 10.2. The van der Waals surface area contributed by atoms with Gasteiger partial charge in [-0.25, -0.2) is 0 Å². The van der Waals surface area contributed by atoms with Gasteiger partial charge in [0.15, 0.2) is 0 Å². The van der Waals surface area contributed by atoms with E-state index in [1.54, 1.807) is 6.21 Å². The molecule has 0 fully saturated rings. The standard InChI is InChI=1S/C14H13NO2/c16-13-6-7-14(17)12(8-13)10-15-9-11-4-2-1-3-5-11/h1-8,10,16-17H,9H2. The van der Waals surface area contributed by atoms with E-state index in [9.17, 15) is 10.2 Å². The number of rotatable bonds is 3. The lowest BCUT2D eigenvalue weighted by Crippen LogP contribution is -1.85. The zero-order chi connectivity index (χ0) is 12.1. The Balaban J connectivity index is 2.08. The van der Waals surface area contributed by atoms with Gasteiger partial charge in [0.05, 0.1) is 6.54 Å². The Morgan fingerprint density at radius 1 is 1.00 bits per heavy atom. The molecule has 0 unspecified atom stereocenters. The van der Waals surface area contributed by atoms with E-state index in [1.807, 2.05) is 30.3 Å². The van der Waals surface area contributed by atoms with Gasteiger partial charge in [0.25, 0.3) is 0 Å². The molecule has 0 aliphatic carbocycles. The van der Waals surface area contributed by atoms with Crippen LogP contribution in [0.3, 0.4) is 0 Å². The average molecular weight is 227 g/mol. The fourth-order valence-electron chi connectivity index (χ4n) is 1.48. The quantitative estimate of drug-likeness (QED) is 0.625. The average Bonchev–Trinajstić information content (AvgIpc) is 2.35. The Hall–Kier alpha value is -2.29. The van der Waals surface area contributed by atoms with Crippen molar-refractivity contribution in [2.45, 2.75) is 6.54 Å². The van der Waals surface area contributed by atoms with Gasteiger partial charge in [0.1, 0.15) is 11.5 Å². The van der Waals surface area contributed by atoms with E-state index in [0.717, 1.165) is 5.56 Å². The van der Waals surface area contributed by atoms with E-state index in [4.69, 9.17) is 0 Å². The minimum Gasteiger partial charge on any atom is -0.508 e. The van der Waals surface area contributed by atoms with Crippen molar-refractivity contribution in [1.82, 2.24) is 0 Å². The number of hydrogen-bond donors (Lipinski definition) is 2. The van der Waals surface area contributed by atoms with Crippen molar-refractivity contribution in [2.24, 2.45) is 4.99 Å². The van der Waals surface area contributed by atoms with Gasteiger partial charge >= 0.3 is 0 Å². The predicted octanol–water partition coefficient (Wildman–Crippen LogP) is 2.72. The Morgan fingerprint density at radius 2 is 1.76 bits per heavy atom. The molecular weight excluding hydrogens is 214 g/mol. The SMILES string of the molecule is Oc1ccc(O)c(C=NCc2ccccc2)c1. The largest absolute Gasteiger partial charge is 0.508 e. The molecule has 0 aliphatic heterocycles. The maximum absolute atomic E-state index is 9.53. The first kappa shape index (κ1) is 11.2. The van der Waals surface area contributed by atoms with Crippen LogP contribution in [0.2, 0.25) is 0 Å². The summed E-state index contributed by atoms with van der Waals surface area (Å²) in [6.07, 6.45) is 1.56. The summed E-state index contributed by atoms with van der Waals surface area (Å²) in [7, 11) is 0. The fourth-order valence-corrected chi connectivity index (χ4v) is 1.48. The second-order valence-electron chi connectivity index (χ2n) is 3.70. The van der Waals surface area contributed by atoms with Crippen LogP contribution in [-0.4, -0.2) is 16.4 Å². The third-order valence-corrected chi connectivity index (χ3v) is 2.36. The molecule has 0 heterocycles. The smallest absolute Gasteiger partial charge is 0.124 e. The van der Waals surface area contributed by atoms with Crippen molar-refractivity contribution in [3.05, 3.63) is 59.7 Å². The summed E-state index contributed by atoms with van der Waals surface area (Å²) in [6, 6.07) is 14.2. The van der Waals surface area contributed by atoms with Crippen molar-refractivity contribution < 1.29 is 10.2 Å². The van der Waals surface area contributed by atoms with E-state index in [-0.39, 0.29) is 11.5 Å². The summed E-state index contributed by atoms with van der Waals surface area (Å²) in [5.41, 5.74) is 1.62. The highest BCUT2D eigenvalue weighted by molar-refractivity contribution is 5.83. The highest BCUT2D eigenvalue weighted by Gasteiger charge is 1.98. The Bertz CT molecular complexity index is 521. The molecule has 0 amide bonds. The molecule has 17 heavy (non-hydrogen) atoms. The molecule has 86 valence electrons. The molecule has 3 nitrogen and oxygen atoms in total. The van der Waals surface area contributed by atoms with Gasteiger partial charge in [-0.15, -0.1) is 0 Å². The van der Waals surface area contributed by atoms with Crippen LogP contribution in [-0.2, 0) is 6.54 Å². The first-order chi connectivity index (χ1) is 8.25. The van der Waals surface area contributed by atoms with Crippen LogP contribution in [0, 0.1) is 0 Å². The number of nitrogens with zero attached hydrogens (tertiary/aromatic N) is 1. The molecule has 0 saturated carbocycles. The molecule has 0 saturated heterocycles. The molecule has 0 aromatic heterocycles. The van der Waals surface area contributed by atoms with E-state index < -0.39 is 0 Å². The highest BCUT2D eigenvalue weighted by atomic mass is 16.3. The predicted molar refractivity (Wildman–Crippen MR) is 67.5 cm³/mol. The molecule has 2 aromatic carbocycles. The number of hydrogen-bond acceptors (Lipinski definition) is 3. The van der Waals surface area contributed by atoms with Gasteiger partial charge in [-0.05, 0) is 23.8 Å². The van der Waals surface area contributed by atoms with Gasteiger partial charge in [0.2, 0.25) is 0 Å². The van der Waals surface area contributed by atoms with Gasteiger partial charge in [-0.3, -0.25) is 4.99 Å². The summed E-state index contributed by atoms with van der Waals surface area (Å²) < 4.78 is 0. The molecule has 2 rings (SSSR count). The van der Waals surface area contributed by atoms with Gasteiger partial charge in [-0.1, -0.05) is 30.3 Å². The molecule has 0 bridgehead atoms. The third kappa shape index (κ3) is 3.08. The van der Waals surface area contributed by atoms with Crippen LogP contribution in [0.15, 0.2) is 53.5 Å². The minimum absolute atomic E-state index is 0.111. The van der Waals surface area contributed by atoms with Gasteiger partial charge in [0, 0.05) is 11.8 Å². The van der Waals surface area contributed by atoms with Crippen molar-refractivity contribution in [1.29, 1.82) is 0 Å².